The minimum absolute atomic E-state index is 0.0360. The molecule has 12 heteroatoms. The molecule has 1 aromatic carbocycles. The van der Waals surface area contributed by atoms with Gasteiger partial charge in [0.2, 0.25) is 5.82 Å². The highest BCUT2D eigenvalue weighted by atomic mass is 28.4. The van der Waals surface area contributed by atoms with Crippen molar-refractivity contribution in [1.29, 1.82) is 0 Å². The molecule has 228 valence electrons. The van der Waals surface area contributed by atoms with Crippen LogP contribution in [0.25, 0.3) is 0 Å². The molecule has 0 aromatic heterocycles. The SMILES string of the molecule is COc1c(C2C(C)C(C)(C(F)(F)F)OC2(C(N)=O)C2=CCN(C3(O[Si](C)(C)C(C)(C)C)CC3)C=C2)ccc(F)c1F. The van der Waals surface area contributed by atoms with E-state index in [-0.39, 0.29) is 22.7 Å². The van der Waals surface area contributed by atoms with Crippen LogP contribution in [0.3, 0.4) is 0 Å². The molecule has 1 saturated heterocycles. The molecule has 6 nitrogen and oxygen atoms in total. The molecule has 4 unspecified atom stereocenters. The number of halogens is 5. The van der Waals surface area contributed by atoms with Crippen LogP contribution >= 0.6 is 0 Å². The summed E-state index contributed by atoms with van der Waals surface area (Å²) in [7, 11) is -1.09. The first-order valence-corrected chi connectivity index (χ1v) is 16.5. The maximum absolute atomic E-state index is 14.8. The maximum Gasteiger partial charge on any atom is 0.417 e. The summed E-state index contributed by atoms with van der Waals surface area (Å²) in [5.74, 6) is -7.32. The van der Waals surface area contributed by atoms with E-state index in [0.29, 0.717) is 0 Å². The smallest absolute Gasteiger partial charge is 0.417 e. The van der Waals surface area contributed by atoms with E-state index in [2.05, 4.69) is 33.9 Å². The monoisotopic (exact) mass is 602 g/mol. The van der Waals surface area contributed by atoms with Gasteiger partial charge in [0.15, 0.2) is 31.1 Å². The van der Waals surface area contributed by atoms with Crippen molar-refractivity contribution >= 4 is 14.2 Å². The van der Waals surface area contributed by atoms with Gasteiger partial charge in [0.1, 0.15) is 5.72 Å². The molecular weight excluding hydrogens is 563 g/mol. The molecule has 1 saturated carbocycles. The fourth-order valence-corrected chi connectivity index (χ4v) is 7.38. The Hall–Kier alpha value is -2.44. The van der Waals surface area contributed by atoms with Crippen molar-refractivity contribution in [2.75, 3.05) is 13.7 Å². The number of alkyl halides is 3. The second-order valence-corrected chi connectivity index (χ2v) is 17.7. The molecule has 1 aliphatic carbocycles. The minimum Gasteiger partial charge on any atom is -0.493 e. The summed E-state index contributed by atoms with van der Waals surface area (Å²) in [6.07, 6.45) is 1.45. The lowest BCUT2D eigenvalue weighted by Gasteiger charge is -2.44. The van der Waals surface area contributed by atoms with Gasteiger partial charge >= 0.3 is 6.18 Å². The number of hydrogen-bond donors (Lipinski definition) is 1. The predicted octanol–water partition coefficient (Wildman–Crippen LogP) is 6.54. The first-order valence-electron chi connectivity index (χ1n) is 13.6. The lowest BCUT2D eigenvalue weighted by Crippen LogP contribution is -2.53. The molecule has 0 spiro atoms. The first kappa shape index (κ1) is 31.5. The third-order valence-electron chi connectivity index (χ3n) is 9.55. The van der Waals surface area contributed by atoms with Crippen molar-refractivity contribution in [3.63, 3.8) is 0 Å². The lowest BCUT2D eigenvalue weighted by molar-refractivity contribution is -0.280. The topological polar surface area (TPSA) is 74.0 Å². The van der Waals surface area contributed by atoms with E-state index in [1.807, 2.05) is 4.90 Å². The molecule has 3 aliphatic rings. The molecule has 0 radical (unpaired) electrons. The Kier molecular flexibility index (Phi) is 7.53. The molecule has 0 bridgehead atoms. The largest absolute Gasteiger partial charge is 0.493 e. The number of methoxy groups -OCH3 is 1. The number of benzene rings is 1. The molecule has 2 fully saturated rings. The number of amides is 1. The van der Waals surface area contributed by atoms with E-state index in [4.69, 9.17) is 19.6 Å². The minimum atomic E-state index is -4.92. The number of carbonyl (C=O) groups is 1. The number of nitrogens with zero attached hydrogens (tertiary/aromatic N) is 1. The van der Waals surface area contributed by atoms with Crippen molar-refractivity contribution in [2.45, 2.75) is 94.6 Å². The van der Waals surface area contributed by atoms with E-state index in [9.17, 15) is 26.7 Å². The van der Waals surface area contributed by atoms with Crippen molar-refractivity contribution in [2.24, 2.45) is 11.7 Å². The zero-order valence-corrected chi connectivity index (χ0v) is 25.7. The Morgan fingerprint density at radius 3 is 2.22 bits per heavy atom. The van der Waals surface area contributed by atoms with E-state index < -0.39 is 66.5 Å². The Morgan fingerprint density at radius 1 is 1.17 bits per heavy atom. The van der Waals surface area contributed by atoms with Crippen LogP contribution in [0.1, 0.15) is 58.9 Å². The number of rotatable bonds is 7. The van der Waals surface area contributed by atoms with Crippen LogP contribution < -0.4 is 10.5 Å². The zero-order chi connectivity index (χ0) is 31.0. The van der Waals surface area contributed by atoms with Crippen LogP contribution in [0.15, 0.2) is 36.1 Å². The summed E-state index contributed by atoms with van der Waals surface area (Å²) in [6.45, 7) is 13.0. The van der Waals surface area contributed by atoms with Crippen molar-refractivity contribution in [3.05, 3.63) is 53.3 Å². The molecule has 4 rings (SSSR count). The number of ether oxygens (including phenoxy) is 2. The van der Waals surface area contributed by atoms with Crippen molar-refractivity contribution < 1.29 is 40.6 Å². The average molecular weight is 603 g/mol. The van der Waals surface area contributed by atoms with Gasteiger partial charge in [-0.25, -0.2) is 4.39 Å². The van der Waals surface area contributed by atoms with Crippen LogP contribution in [0.5, 0.6) is 5.75 Å². The van der Waals surface area contributed by atoms with Crippen molar-refractivity contribution in [1.82, 2.24) is 4.90 Å². The Balaban J connectivity index is 1.81. The van der Waals surface area contributed by atoms with Crippen LogP contribution in [-0.4, -0.2) is 55.9 Å². The molecule has 2 heterocycles. The van der Waals surface area contributed by atoms with Gasteiger partial charge in [-0.05, 0) is 55.6 Å². The summed E-state index contributed by atoms with van der Waals surface area (Å²) in [4.78, 5) is 15.3. The fourth-order valence-electron chi connectivity index (χ4n) is 5.81. The number of nitrogens with two attached hydrogens (primary N) is 1. The van der Waals surface area contributed by atoms with Gasteiger partial charge in [-0.2, -0.15) is 17.6 Å². The van der Waals surface area contributed by atoms with Gasteiger partial charge < -0.3 is 24.5 Å². The van der Waals surface area contributed by atoms with Gasteiger partial charge in [-0.3, -0.25) is 4.79 Å². The number of primary amides is 1. The highest BCUT2D eigenvalue weighted by Crippen LogP contribution is 2.61. The first-order chi connectivity index (χ1) is 18.7. The van der Waals surface area contributed by atoms with Gasteiger partial charge in [0, 0.05) is 30.1 Å². The van der Waals surface area contributed by atoms with Crippen LogP contribution in [-0.2, 0) is 14.0 Å². The molecule has 2 N–H and O–H groups in total. The Labute approximate surface area is 238 Å². The summed E-state index contributed by atoms with van der Waals surface area (Å²) < 4.78 is 90.3. The quantitative estimate of drug-likeness (QED) is 0.284. The normalized spacial score (nSPS) is 29.9. The highest BCUT2D eigenvalue weighted by Gasteiger charge is 2.72. The van der Waals surface area contributed by atoms with Gasteiger partial charge in [-0.1, -0.05) is 39.8 Å². The third kappa shape index (κ3) is 4.79. The van der Waals surface area contributed by atoms with E-state index >= 15 is 0 Å². The zero-order valence-electron chi connectivity index (χ0n) is 24.7. The van der Waals surface area contributed by atoms with E-state index in [1.165, 1.54) is 13.0 Å². The van der Waals surface area contributed by atoms with Crippen molar-refractivity contribution in [3.8, 4) is 5.75 Å². The van der Waals surface area contributed by atoms with Crippen LogP contribution in [0.2, 0.25) is 18.1 Å². The lowest BCUT2D eigenvalue weighted by atomic mass is 9.69. The summed E-state index contributed by atoms with van der Waals surface area (Å²) in [5, 5.41) is -0.0360. The standard InChI is InChI=1S/C29H39F5N2O4Si/c1-17-21(19-9-10-20(30)22(31)23(19)38-6)28(24(35)37,39-26(17,5)29(32,33)34)18-11-15-36(16-12-18)27(13-14-27)40-41(7,8)25(2,3)4/h9-12,15,17,21H,13-14,16H2,1-8H3,(H2,35,37). The highest BCUT2D eigenvalue weighted by molar-refractivity contribution is 6.74. The van der Waals surface area contributed by atoms with Gasteiger partial charge in [0.05, 0.1) is 7.11 Å². The van der Waals surface area contributed by atoms with Crippen LogP contribution in [0, 0.1) is 17.6 Å². The molecule has 1 aromatic rings. The van der Waals surface area contributed by atoms with E-state index in [1.54, 1.807) is 12.3 Å². The average Bonchev–Trinajstić information content (AvgIpc) is 3.58. The second-order valence-electron chi connectivity index (χ2n) is 13.0. The maximum atomic E-state index is 14.8. The Bertz CT molecular complexity index is 1290. The second kappa shape index (κ2) is 9.80. The molecule has 1 amide bonds. The van der Waals surface area contributed by atoms with Gasteiger partial charge in [0.25, 0.3) is 5.91 Å². The fraction of sp³-hybridized carbons (Fsp3) is 0.621. The molecule has 4 atom stereocenters. The number of hydrogen-bond acceptors (Lipinski definition) is 5. The van der Waals surface area contributed by atoms with E-state index in [0.717, 1.165) is 39.0 Å². The molecular formula is C29H39F5N2O4Si. The summed E-state index contributed by atoms with van der Waals surface area (Å²) >= 11 is 0. The van der Waals surface area contributed by atoms with Crippen LogP contribution in [0.4, 0.5) is 22.0 Å². The molecule has 2 aliphatic heterocycles. The third-order valence-corrected chi connectivity index (χ3v) is 14.1. The van der Waals surface area contributed by atoms with Gasteiger partial charge in [-0.15, -0.1) is 0 Å². The molecule has 41 heavy (non-hydrogen) atoms. The summed E-state index contributed by atoms with van der Waals surface area (Å²) in [6, 6.07) is 1.91. The Morgan fingerprint density at radius 2 is 1.78 bits per heavy atom. The number of carbonyl (C=O) groups excluding carboxylic acids is 1. The summed E-state index contributed by atoms with van der Waals surface area (Å²) in [5.41, 5.74) is 0.0843. The predicted molar refractivity (Wildman–Crippen MR) is 146 cm³/mol.